The second-order valence-corrected chi connectivity index (χ2v) is 6.67. The first-order chi connectivity index (χ1) is 12.2. The molecule has 1 fully saturated rings. The Morgan fingerprint density at radius 1 is 1.04 bits per heavy atom. The van der Waals surface area contributed by atoms with Crippen LogP contribution in [-0.4, -0.2) is 31.0 Å². The van der Waals surface area contributed by atoms with Crippen LogP contribution in [0.3, 0.4) is 0 Å². The lowest BCUT2D eigenvalue weighted by Crippen LogP contribution is -2.38. The summed E-state index contributed by atoms with van der Waals surface area (Å²) in [6, 6.07) is 17.7. The van der Waals surface area contributed by atoms with Gasteiger partial charge >= 0.3 is 0 Å². The molecule has 0 spiro atoms. The Bertz CT molecular complexity index is 726. The molecule has 3 nitrogen and oxygen atoms in total. The van der Waals surface area contributed by atoms with E-state index < -0.39 is 0 Å². The van der Waals surface area contributed by atoms with Gasteiger partial charge in [0.05, 0.1) is 7.11 Å². The van der Waals surface area contributed by atoms with Crippen LogP contribution in [0.5, 0.6) is 5.75 Å². The summed E-state index contributed by atoms with van der Waals surface area (Å²) in [4.78, 5) is 15.2. The first kappa shape index (κ1) is 17.3. The summed E-state index contributed by atoms with van der Waals surface area (Å²) in [6.07, 6.45) is 4.14. The Balaban J connectivity index is 1.92. The van der Waals surface area contributed by atoms with E-state index in [0.717, 1.165) is 48.4 Å². The number of nitrogens with zero attached hydrogens (tertiary/aromatic N) is 1. The van der Waals surface area contributed by atoms with Crippen molar-refractivity contribution in [2.24, 2.45) is 5.92 Å². The van der Waals surface area contributed by atoms with E-state index in [0.29, 0.717) is 5.92 Å². The first-order valence-corrected chi connectivity index (χ1v) is 8.88. The van der Waals surface area contributed by atoms with Crippen LogP contribution in [0.15, 0.2) is 54.6 Å². The monoisotopic (exact) mass is 335 g/mol. The summed E-state index contributed by atoms with van der Waals surface area (Å²) >= 11 is 0. The molecule has 0 aromatic heterocycles. The third-order valence-electron chi connectivity index (χ3n) is 4.81. The minimum atomic E-state index is 0.119. The number of rotatable bonds is 4. The average Bonchev–Trinajstić information content (AvgIpc) is 2.67. The molecule has 1 saturated heterocycles. The van der Waals surface area contributed by atoms with Crippen LogP contribution in [0, 0.1) is 5.92 Å². The molecule has 0 aliphatic carbocycles. The quantitative estimate of drug-likeness (QED) is 0.608. The van der Waals surface area contributed by atoms with E-state index in [-0.39, 0.29) is 5.91 Å². The van der Waals surface area contributed by atoms with Gasteiger partial charge in [0, 0.05) is 18.7 Å². The second-order valence-electron chi connectivity index (χ2n) is 6.67. The molecule has 1 amide bonds. The van der Waals surface area contributed by atoms with Gasteiger partial charge in [-0.3, -0.25) is 4.79 Å². The van der Waals surface area contributed by atoms with Crippen molar-refractivity contribution in [3.05, 3.63) is 65.7 Å². The minimum absolute atomic E-state index is 0.119. The predicted molar refractivity (Wildman–Crippen MR) is 102 cm³/mol. The van der Waals surface area contributed by atoms with Crippen molar-refractivity contribution < 1.29 is 9.53 Å². The van der Waals surface area contributed by atoms with Crippen LogP contribution >= 0.6 is 0 Å². The summed E-state index contributed by atoms with van der Waals surface area (Å²) in [5.74, 6) is 1.64. The number of methoxy groups -OCH3 is 1. The lowest BCUT2D eigenvalue weighted by molar-refractivity contribution is -0.126. The minimum Gasteiger partial charge on any atom is -0.497 e. The van der Waals surface area contributed by atoms with Crippen LogP contribution in [0.2, 0.25) is 0 Å². The molecule has 130 valence electrons. The zero-order valence-electron chi connectivity index (χ0n) is 14.9. The van der Waals surface area contributed by atoms with E-state index in [9.17, 15) is 4.79 Å². The average molecular weight is 335 g/mol. The fourth-order valence-corrected chi connectivity index (χ4v) is 3.14. The normalized spacial score (nSPS) is 15.9. The summed E-state index contributed by atoms with van der Waals surface area (Å²) in [5, 5.41) is 0. The summed E-state index contributed by atoms with van der Waals surface area (Å²) in [6.45, 7) is 3.94. The number of hydrogen-bond donors (Lipinski definition) is 0. The Hall–Kier alpha value is -2.55. The highest BCUT2D eigenvalue weighted by atomic mass is 16.5. The molecule has 0 atom stereocenters. The van der Waals surface area contributed by atoms with Crippen LogP contribution in [-0.2, 0) is 4.79 Å². The molecular formula is C22H25NO2. The Morgan fingerprint density at radius 2 is 1.68 bits per heavy atom. The molecule has 1 aliphatic heterocycles. The summed E-state index contributed by atoms with van der Waals surface area (Å²) in [5.41, 5.74) is 2.71. The second kappa shape index (κ2) is 8.02. The van der Waals surface area contributed by atoms with Crippen molar-refractivity contribution in [1.29, 1.82) is 0 Å². The summed E-state index contributed by atoms with van der Waals surface area (Å²) < 4.78 is 5.22. The van der Waals surface area contributed by atoms with Gasteiger partial charge in [-0.25, -0.2) is 0 Å². The number of piperidine rings is 1. The Morgan fingerprint density at radius 3 is 2.28 bits per heavy atom. The zero-order valence-corrected chi connectivity index (χ0v) is 14.9. The standard InChI is InChI=1S/C22H25NO2/c1-17-12-14-23(15-13-17)22(24)21(19-6-4-3-5-7-19)16-18-8-10-20(25-2)11-9-18/h3-11,16-17H,12-15H2,1-2H3/b21-16+. The maximum absolute atomic E-state index is 13.2. The van der Waals surface area contributed by atoms with Crippen LogP contribution in [0.25, 0.3) is 11.6 Å². The Labute approximate surface area is 149 Å². The maximum Gasteiger partial charge on any atom is 0.254 e. The highest BCUT2D eigenvalue weighted by molar-refractivity contribution is 6.24. The van der Waals surface area contributed by atoms with Crippen LogP contribution in [0.1, 0.15) is 30.9 Å². The van der Waals surface area contributed by atoms with Crippen molar-refractivity contribution in [2.75, 3.05) is 20.2 Å². The molecule has 0 N–H and O–H groups in total. The van der Waals surface area contributed by atoms with Crippen molar-refractivity contribution >= 4 is 17.6 Å². The van der Waals surface area contributed by atoms with Gasteiger partial charge < -0.3 is 9.64 Å². The molecule has 25 heavy (non-hydrogen) atoms. The lowest BCUT2D eigenvalue weighted by Gasteiger charge is -2.31. The SMILES string of the molecule is COc1ccc(/C=C(/C(=O)N2CCC(C)CC2)c2ccccc2)cc1. The number of likely N-dealkylation sites (tertiary alicyclic amines) is 1. The topological polar surface area (TPSA) is 29.5 Å². The van der Waals surface area contributed by atoms with Crippen molar-refractivity contribution in [2.45, 2.75) is 19.8 Å². The van der Waals surface area contributed by atoms with Gasteiger partial charge in [-0.05, 0) is 48.1 Å². The van der Waals surface area contributed by atoms with Gasteiger partial charge in [-0.1, -0.05) is 49.4 Å². The molecule has 3 rings (SSSR count). The molecule has 3 heteroatoms. The highest BCUT2D eigenvalue weighted by Gasteiger charge is 2.23. The van der Waals surface area contributed by atoms with E-state index in [2.05, 4.69) is 6.92 Å². The fraction of sp³-hybridized carbons (Fsp3) is 0.318. The third-order valence-corrected chi connectivity index (χ3v) is 4.81. The lowest BCUT2D eigenvalue weighted by atomic mass is 9.96. The molecule has 1 aliphatic rings. The van der Waals surface area contributed by atoms with E-state index in [1.807, 2.05) is 65.6 Å². The number of hydrogen-bond acceptors (Lipinski definition) is 2. The largest absolute Gasteiger partial charge is 0.497 e. The van der Waals surface area contributed by atoms with Crippen molar-refractivity contribution in [3.8, 4) is 5.75 Å². The number of carbonyl (C=O) groups is 1. The van der Waals surface area contributed by atoms with Gasteiger partial charge in [0.2, 0.25) is 0 Å². The summed E-state index contributed by atoms with van der Waals surface area (Å²) in [7, 11) is 1.65. The van der Waals surface area contributed by atoms with Gasteiger partial charge in [0.15, 0.2) is 0 Å². The van der Waals surface area contributed by atoms with E-state index in [1.165, 1.54) is 0 Å². The molecule has 0 bridgehead atoms. The number of ether oxygens (including phenoxy) is 1. The molecule has 1 heterocycles. The first-order valence-electron chi connectivity index (χ1n) is 8.88. The molecule has 0 saturated carbocycles. The zero-order chi connectivity index (χ0) is 17.6. The van der Waals surface area contributed by atoms with E-state index in [1.54, 1.807) is 7.11 Å². The molecule has 2 aromatic carbocycles. The van der Waals surface area contributed by atoms with Gasteiger partial charge in [-0.15, -0.1) is 0 Å². The smallest absolute Gasteiger partial charge is 0.254 e. The van der Waals surface area contributed by atoms with E-state index >= 15 is 0 Å². The molecular weight excluding hydrogens is 310 g/mol. The molecule has 0 radical (unpaired) electrons. The highest BCUT2D eigenvalue weighted by Crippen LogP contribution is 2.25. The number of amides is 1. The van der Waals surface area contributed by atoms with E-state index in [4.69, 9.17) is 4.74 Å². The molecule has 0 unspecified atom stereocenters. The van der Waals surface area contributed by atoms with Gasteiger partial charge in [-0.2, -0.15) is 0 Å². The fourth-order valence-electron chi connectivity index (χ4n) is 3.14. The predicted octanol–water partition coefficient (Wildman–Crippen LogP) is 4.49. The number of carbonyl (C=O) groups excluding carboxylic acids is 1. The van der Waals surface area contributed by atoms with Gasteiger partial charge in [0.1, 0.15) is 5.75 Å². The number of benzene rings is 2. The molecule has 2 aromatic rings. The van der Waals surface area contributed by atoms with Crippen LogP contribution in [0.4, 0.5) is 0 Å². The Kier molecular flexibility index (Phi) is 5.54. The van der Waals surface area contributed by atoms with Crippen molar-refractivity contribution in [3.63, 3.8) is 0 Å². The third kappa shape index (κ3) is 4.30. The van der Waals surface area contributed by atoms with Crippen molar-refractivity contribution in [1.82, 2.24) is 4.90 Å². The maximum atomic E-state index is 13.2. The van der Waals surface area contributed by atoms with Crippen LogP contribution < -0.4 is 4.74 Å². The van der Waals surface area contributed by atoms with Gasteiger partial charge in [0.25, 0.3) is 5.91 Å².